The van der Waals surface area contributed by atoms with Crippen molar-refractivity contribution >= 4 is 39.1 Å². The lowest BCUT2D eigenvalue weighted by molar-refractivity contribution is 0.378. The van der Waals surface area contributed by atoms with Crippen LogP contribution in [0.1, 0.15) is 25.8 Å². The molecule has 0 aliphatic heterocycles. The summed E-state index contributed by atoms with van der Waals surface area (Å²) in [7, 11) is 0. The molecule has 0 bridgehead atoms. The Hall–Kier alpha value is 0.240. The van der Waals surface area contributed by atoms with Crippen LogP contribution in [0, 0.1) is 0 Å². The topological polar surface area (TPSA) is 12.0 Å². The maximum absolute atomic E-state index is 6.09. The maximum atomic E-state index is 6.09. The lowest BCUT2D eigenvalue weighted by atomic mass is 10.0. The van der Waals surface area contributed by atoms with Gasteiger partial charge in [-0.1, -0.05) is 39.1 Å². The van der Waals surface area contributed by atoms with E-state index in [0.29, 0.717) is 0 Å². The van der Waals surface area contributed by atoms with E-state index in [0.717, 1.165) is 33.9 Å². The Balaban J connectivity index is 2.63. The van der Waals surface area contributed by atoms with Gasteiger partial charge in [0.25, 0.3) is 0 Å². The Labute approximate surface area is 116 Å². The van der Waals surface area contributed by atoms with Gasteiger partial charge in [-0.15, -0.1) is 0 Å². The van der Waals surface area contributed by atoms with Crippen molar-refractivity contribution in [3.05, 3.63) is 33.8 Å². The molecule has 0 aliphatic rings. The molecule has 1 aromatic rings. The van der Waals surface area contributed by atoms with E-state index in [4.69, 9.17) is 23.2 Å². The van der Waals surface area contributed by atoms with Crippen LogP contribution in [0.3, 0.4) is 0 Å². The third-order valence-corrected chi connectivity index (χ3v) is 3.48. The first-order valence-corrected chi connectivity index (χ1v) is 7.07. The number of alkyl halides is 1. The molecule has 1 N–H and O–H groups in total. The molecule has 0 atom stereocenters. The summed E-state index contributed by atoms with van der Waals surface area (Å²) in [6.45, 7) is 5.08. The van der Waals surface area contributed by atoms with Gasteiger partial charge < -0.3 is 5.32 Å². The highest BCUT2D eigenvalue weighted by atomic mass is 79.9. The van der Waals surface area contributed by atoms with Gasteiger partial charge in [-0.3, -0.25) is 0 Å². The summed E-state index contributed by atoms with van der Waals surface area (Å²) in [5, 5.41) is 5.93. The fraction of sp³-hybridized carbons (Fsp3) is 0.500. The Morgan fingerprint density at radius 2 is 2.00 bits per heavy atom. The molecule has 0 unspecified atom stereocenters. The lowest BCUT2D eigenvalue weighted by Crippen LogP contribution is -2.39. The highest BCUT2D eigenvalue weighted by Crippen LogP contribution is 2.21. The van der Waals surface area contributed by atoms with E-state index < -0.39 is 0 Å². The molecule has 4 heteroatoms. The van der Waals surface area contributed by atoms with E-state index in [1.54, 1.807) is 6.07 Å². The minimum atomic E-state index is 0.0924. The lowest BCUT2D eigenvalue weighted by Gasteiger charge is -2.25. The Morgan fingerprint density at radius 3 is 2.62 bits per heavy atom. The Kier molecular flexibility index (Phi) is 5.58. The summed E-state index contributed by atoms with van der Waals surface area (Å²) in [6, 6.07) is 5.54. The second-order valence-corrected chi connectivity index (χ2v) is 6.05. The molecule has 0 saturated carbocycles. The highest BCUT2D eigenvalue weighted by Gasteiger charge is 2.16. The summed E-state index contributed by atoms with van der Waals surface area (Å²) in [6.07, 6.45) is 1.06. The molecule has 1 nitrogen and oxygen atoms in total. The first-order valence-electron chi connectivity index (χ1n) is 5.19. The quantitative estimate of drug-likeness (QED) is 0.777. The van der Waals surface area contributed by atoms with Gasteiger partial charge in [0.15, 0.2) is 0 Å². The van der Waals surface area contributed by atoms with Crippen LogP contribution in [0.25, 0.3) is 0 Å². The predicted octanol–water partition coefficient (Wildman–Crippen LogP) is 4.65. The van der Waals surface area contributed by atoms with Crippen LogP contribution in [0.4, 0.5) is 0 Å². The van der Waals surface area contributed by atoms with E-state index in [1.807, 2.05) is 12.1 Å². The zero-order valence-corrected chi connectivity index (χ0v) is 12.6. The van der Waals surface area contributed by atoms with Crippen molar-refractivity contribution in [3.8, 4) is 0 Å². The van der Waals surface area contributed by atoms with Crippen molar-refractivity contribution in [1.29, 1.82) is 0 Å². The molecule has 0 amide bonds. The fourth-order valence-corrected chi connectivity index (χ4v) is 2.71. The van der Waals surface area contributed by atoms with Crippen molar-refractivity contribution < 1.29 is 0 Å². The summed E-state index contributed by atoms with van der Waals surface area (Å²) in [5.74, 6) is 0. The molecule has 0 heterocycles. The number of hydrogen-bond donors (Lipinski definition) is 1. The molecular formula is C12H16BrCl2N. The smallest absolute Gasteiger partial charge is 0.0451 e. The summed E-state index contributed by atoms with van der Waals surface area (Å²) in [4.78, 5) is 0. The molecule has 1 aromatic carbocycles. The van der Waals surface area contributed by atoms with Gasteiger partial charge in [-0.2, -0.15) is 0 Å². The van der Waals surface area contributed by atoms with Crippen LogP contribution < -0.4 is 5.32 Å². The van der Waals surface area contributed by atoms with Crippen molar-refractivity contribution in [3.63, 3.8) is 0 Å². The minimum Gasteiger partial charge on any atom is -0.308 e. The zero-order chi connectivity index (χ0) is 12.2. The van der Waals surface area contributed by atoms with Crippen LogP contribution in [-0.2, 0) is 6.54 Å². The Bertz CT molecular complexity index is 353. The summed E-state index contributed by atoms with van der Waals surface area (Å²) in [5.41, 5.74) is 1.13. The van der Waals surface area contributed by atoms with Gasteiger partial charge in [0.2, 0.25) is 0 Å². The minimum absolute atomic E-state index is 0.0924. The molecule has 90 valence electrons. The number of benzene rings is 1. The van der Waals surface area contributed by atoms with Crippen LogP contribution in [-0.4, -0.2) is 10.9 Å². The van der Waals surface area contributed by atoms with Crippen molar-refractivity contribution in [2.75, 3.05) is 5.33 Å². The second-order valence-electron chi connectivity index (χ2n) is 4.41. The molecule has 0 saturated heterocycles. The average molecular weight is 325 g/mol. The predicted molar refractivity (Wildman–Crippen MR) is 75.8 cm³/mol. The van der Waals surface area contributed by atoms with Crippen molar-refractivity contribution in [2.45, 2.75) is 32.4 Å². The highest BCUT2D eigenvalue weighted by molar-refractivity contribution is 9.09. The van der Waals surface area contributed by atoms with E-state index >= 15 is 0 Å². The SMILES string of the molecule is CC(C)(CCBr)NCc1cc(Cl)ccc1Cl. The van der Waals surface area contributed by atoms with E-state index in [-0.39, 0.29) is 5.54 Å². The summed E-state index contributed by atoms with van der Waals surface area (Å²) < 4.78 is 0. The van der Waals surface area contributed by atoms with E-state index in [1.165, 1.54) is 0 Å². The third-order valence-electron chi connectivity index (χ3n) is 2.48. The maximum Gasteiger partial charge on any atom is 0.0451 e. The first kappa shape index (κ1) is 14.3. The van der Waals surface area contributed by atoms with Gasteiger partial charge in [0.05, 0.1) is 0 Å². The molecule has 0 spiro atoms. The third kappa shape index (κ3) is 4.62. The van der Waals surface area contributed by atoms with Gasteiger partial charge in [0.1, 0.15) is 0 Å². The number of halogens is 3. The van der Waals surface area contributed by atoms with Crippen LogP contribution >= 0.6 is 39.1 Å². The molecule has 0 aromatic heterocycles. The standard InChI is InChI=1S/C12H16BrCl2N/c1-12(2,5-6-13)16-8-9-7-10(14)3-4-11(9)15/h3-4,7,16H,5-6,8H2,1-2H3. The van der Waals surface area contributed by atoms with Crippen molar-refractivity contribution in [2.24, 2.45) is 0 Å². The molecule has 0 radical (unpaired) electrons. The van der Waals surface area contributed by atoms with Gasteiger partial charge in [-0.25, -0.2) is 0 Å². The fourth-order valence-electron chi connectivity index (χ4n) is 1.34. The summed E-state index contributed by atoms with van der Waals surface area (Å²) >= 11 is 15.5. The van der Waals surface area contributed by atoms with Crippen LogP contribution in [0.15, 0.2) is 18.2 Å². The van der Waals surface area contributed by atoms with Gasteiger partial charge in [0, 0.05) is 27.5 Å². The molecular weight excluding hydrogens is 309 g/mol. The van der Waals surface area contributed by atoms with E-state index in [9.17, 15) is 0 Å². The number of rotatable bonds is 5. The molecule has 0 aliphatic carbocycles. The first-order chi connectivity index (χ1) is 7.44. The van der Waals surface area contributed by atoms with Gasteiger partial charge in [-0.05, 0) is 44.0 Å². The van der Waals surface area contributed by atoms with Gasteiger partial charge >= 0.3 is 0 Å². The molecule has 1 rings (SSSR count). The van der Waals surface area contributed by atoms with Crippen LogP contribution in [0.2, 0.25) is 10.0 Å². The van der Waals surface area contributed by atoms with Crippen LogP contribution in [0.5, 0.6) is 0 Å². The number of hydrogen-bond acceptors (Lipinski definition) is 1. The second kappa shape index (κ2) is 6.25. The molecule has 16 heavy (non-hydrogen) atoms. The monoisotopic (exact) mass is 323 g/mol. The number of nitrogens with one attached hydrogen (secondary N) is 1. The molecule has 0 fully saturated rings. The largest absolute Gasteiger partial charge is 0.308 e. The zero-order valence-electron chi connectivity index (χ0n) is 9.49. The van der Waals surface area contributed by atoms with E-state index in [2.05, 4.69) is 35.1 Å². The normalized spacial score (nSPS) is 11.8. The average Bonchev–Trinajstić information content (AvgIpc) is 2.19. The van der Waals surface area contributed by atoms with Crippen molar-refractivity contribution in [1.82, 2.24) is 5.32 Å². The Morgan fingerprint density at radius 1 is 1.31 bits per heavy atom.